The lowest BCUT2D eigenvalue weighted by Crippen LogP contribution is -2.29. The molecule has 208 valence electrons. The van der Waals surface area contributed by atoms with Gasteiger partial charge in [-0.1, -0.05) is 17.4 Å². The number of nitrogens with zero attached hydrogens (tertiary/aromatic N) is 3. The van der Waals surface area contributed by atoms with Gasteiger partial charge in [-0.25, -0.2) is 31.5 Å². The number of sulfone groups is 1. The van der Waals surface area contributed by atoms with Crippen LogP contribution in [-0.4, -0.2) is 49.3 Å². The van der Waals surface area contributed by atoms with Gasteiger partial charge in [0.05, 0.1) is 33.0 Å². The van der Waals surface area contributed by atoms with Gasteiger partial charge < -0.3 is 5.32 Å². The smallest absolute Gasteiger partial charge is 0.214 e. The zero-order valence-corrected chi connectivity index (χ0v) is 24.7. The molecule has 0 amide bonds. The van der Waals surface area contributed by atoms with Gasteiger partial charge in [-0.3, -0.25) is 4.90 Å². The standard InChI is InChI=1S/C27H33N5O4S3/c1-16-26(19-11-20-14-32(17(2)18-7-8-18)15-23(20)24(12-19)38(3,33)34)37-27(29-16)31-25-6-4-5-21(30-25)13-28-39(35,36)22-9-10-22/h4-6,11-12,17-18,22,28H,7-10,13-15H2,1-3H3,(H,29,30,31)/t17-/m0/s1. The normalized spacial score (nSPS) is 18.7. The maximum Gasteiger partial charge on any atom is 0.214 e. The number of nitrogens with one attached hydrogen (secondary N) is 2. The Morgan fingerprint density at radius 3 is 2.54 bits per heavy atom. The fourth-order valence-electron chi connectivity index (χ4n) is 5.27. The van der Waals surface area contributed by atoms with Crippen LogP contribution in [0.1, 0.15) is 55.1 Å². The number of anilines is 2. The van der Waals surface area contributed by atoms with E-state index in [1.165, 1.54) is 30.4 Å². The highest BCUT2D eigenvalue weighted by molar-refractivity contribution is 7.90. The molecule has 1 aliphatic heterocycles. The van der Waals surface area contributed by atoms with E-state index < -0.39 is 19.9 Å². The Hall–Kier alpha value is -2.38. The second-order valence-electron chi connectivity index (χ2n) is 11.0. The molecule has 3 heterocycles. The van der Waals surface area contributed by atoms with Crippen LogP contribution in [-0.2, 0) is 39.5 Å². The Morgan fingerprint density at radius 1 is 1.08 bits per heavy atom. The first-order valence-electron chi connectivity index (χ1n) is 13.3. The highest BCUT2D eigenvalue weighted by atomic mass is 32.2. The van der Waals surface area contributed by atoms with Crippen LogP contribution in [0.4, 0.5) is 10.9 Å². The molecule has 1 aromatic carbocycles. The van der Waals surface area contributed by atoms with Crippen molar-refractivity contribution in [2.24, 2.45) is 5.92 Å². The summed E-state index contributed by atoms with van der Waals surface area (Å²) in [5.41, 5.74) is 4.27. The van der Waals surface area contributed by atoms with Gasteiger partial charge in [0.25, 0.3) is 0 Å². The number of aryl methyl sites for hydroxylation is 1. The summed E-state index contributed by atoms with van der Waals surface area (Å²) in [6, 6.07) is 9.78. The first-order chi connectivity index (χ1) is 18.5. The number of hydrogen-bond donors (Lipinski definition) is 2. The number of benzene rings is 1. The monoisotopic (exact) mass is 587 g/mol. The minimum absolute atomic E-state index is 0.135. The summed E-state index contributed by atoms with van der Waals surface area (Å²) in [6.07, 6.45) is 5.21. The van der Waals surface area contributed by atoms with Crippen LogP contribution in [0.15, 0.2) is 35.2 Å². The van der Waals surface area contributed by atoms with Gasteiger partial charge in [0.15, 0.2) is 15.0 Å². The quantitative estimate of drug-likeness (QED) is 0.359. The lowest BCUT2D eigenvalue weighted by Gasteiger charge is -2.23. The minimum Gasteiger partial charge on any atom is -0.316 e. The van der Waals surface area contributed by atoms with E-state index in [2.05, 4.69) is 37.9 Å². The van der Waals surface area contributed by atoms with E-state index in [-0.39, 0.29) is 11.8 Å². The van der Waals surface area contributed by atoms with Crippen LogP contribution in [0.3, 0.4) is 0 Å². The van der Waals surface area contributed by atoms with Crippen molar-refractivity contribution in [1.82, 2.24) is 19.6 Å². The Bertz CT molecular complexity index is 1640. The third-order valence-corrected chi connectivity index (χ3v) is 12.0. The lowest BCUT2D eigenvalue weighted by molar-refractivity contribution is 0.192. The molecule has 2 saturated carbocycles. The second kappa shape index (κ2) is 9.91. The molecule has 0 saturated heterocycles. The maximum atomic E-state index is 12.8. The summed E-state index contributed by atoms with van der Waals surface area (Å²) < 4.78 is 52.6. The fraction of sp³-hybridized carbons (Fsp3) is 0.481. The van der Waals surface area contributed by atoms with Crippen molar-refractivity contribution < 1.29 is 16.8 Å². The van der Waals surface area contributed by atoms with Crippen LogP contribution in [0.2, 0.25) is 0 Å². The van der Waals surface area contributed by atoms with Crippen LogP contribution < -0.4 is 10.0 Å². The van der Waals surface area contributed by atoms with E-state index in [4.69, 9.17) is 0 Å². The minimum atomic E-state index is -3.41. The van der Waals surface area contributed by atoms with Crippen molar-refractivity contribution in [3.63, 3.8) is 0 Å². The molecular weight excluding hydrogens is 555 g/mol. The molecule has 2 fully saturated rings. The molecule has 3 aliphatic rings. The van der Waals surface area contributed by atoms with E-state index in [9.17, 15) is 16.8 Å². The zero-order chi connectivity index (χ0) is 27.5. The van der Waals surface area contributed by atoms with Crippen molar-refractivity contribution in [2.45, 2.75) is 75.4 Å². The Kier molecular flexibility index (Phi) is 6.82. The van der Waals surface area contributed by atoms with Crippen LogP contribution >= 0.6 is 11.3 Å². The van der Waals surface area contributed by atoms with Gasteiger partial charge >= 0.3 is 0 Å². The van der Waals surface area contributed by atoms with E-state index in [1.54, 1.807) is 12.1 Å². The molecule has 6 rings (SSSR count). The van der Waals surface area contributed by atoms with Gasteiger partial charge in [0.2, 0.25) is 10.0 Å². The lowest BCUT2D eigenvalue weighted by atomic mass is 10.0. The Morgan fingerprint density at radius 2 is 1.85 bits per heavy atom. The average Bonchev–Trinajstić information content (AvgIpc) is 3.81. The summed E-state index contributed by atoms with van der Waals surface area (Å²) in [6.45, 7) is 5.73. The zero-order valence-electron chi connectivity index (χ0n) is 22.3. The van der Waals surface area contributed by atoms with Crippen molar-refractivity contribution in [1.29, 1.82) is 0 Å². The molecule has 0 spiro atoms. The third kappa shape index (κ3) is 5.76. The topological polar surface area (TPSA) is 121 Å². The summed E-state index contributed by atoms with van der Waals surface area (Å²) in [5, 5.41) is 3.60. The highest BCUT2D eigenvalue weighted by Gasteiger charge is 2.37. The van der Waals surface area contributed by atoms with Gasteiger partial charge in [-0.2, -0.15) is 0 Å². The molecular formula is C27H33N5O4S3. The van der Waals surface area contributed by atoms with E-state index in [1.807, 2.05) is 19.1 Å². The number of rotatable bonds is 10. The van der Waals surface area contributed by atoms with Crippen molar-refractivity contribution in [3.05, 3.63) is 52.8 Å². The number of fused-ring (bicyclic) bond motifs is 1. The summed E-state index contributed by atoms with van der Waals surface area (Å²) in [7, 11) is -6.69. The SMILES string of the molecule is Cc1nc(Nc2cccc(CNS(=O)(=O)C3CC3)n2)sc1-c1cc2c(c(S(C)(=O)=O)c1)CN([C@@H](C)C1CC1)C2. The van der Waals surface area contributed by atoms with Crippen molar-refractivity contribution in [3.8, 4) is 10.4 Å². The third-order valence-electron chi connectivity index (χ3n) is 7.83. The Balaban J connectivity index is 1.24. The van der Waals surface area contributed by atoms with Crippen molar-refractivity contribution in [2.75, 3.05) is 11.6 Å². The molecule has 2 aliphatic carbocycles. The van der Waals surface area contributed by atoms with Gasteiger partial charge in [-0.15, -0.1) is 0 Å². The molecule has 9 nitrogen and oxygen atoms in total. The molecule has 2 N–H and O–H groups in total. The molecule has 0 bridgehead atoms. The molecule has 0 unspecified atom stereocenters. The molecule has 3 aromatic rings. The van der Waals surface area contributed by atoms with Crippen LogP contribution in [0.25, 0.3) is 10.4 Å². The predicted octanol–water partition coefficient (Wildman–Crippen LogP) is 4.36. The fourth-order valence-corrected chi connectivity index (χ4v) is 8.56. The van der Waals surface area contributed by atoms with Gasteiger partial charge in [0, 0.05) is 25.4 Å². The van der Waals surface area contributed by atoms with E-state index in [0.717, 1.165) is 33.8 Å². The number of pyridine rings is 1. The second-order valence-corrected chi connectivity index (χ2v) is 16.0. The van der Waals surface area contributed by atoms with Crippen LogP contribution in [0, 0.1) is 12.8 Å². The van der Waals surface area contributed by atoms with Crippen molar-refractivity contribution >= 4 is 42.1 Å². The first-order valence-corrected chi connectivity index (χ1v) is 17.5. The molecule has 1 atom stereocenters. The van der Waals surface area contributed by atoms with Gasteiger partial charge in [0.1, 0.15) is 5.82 Å². The summed E-state index contributed by atoms with van der Waals surface area (Å²) >= 11 is 1.45. The molecule has 12 heteroatoms. The van der Waals surface area contributed by atoms with E-state index in [0.29, 0.717) is 52.9 Å². The van der Waals surface area contributed by atoms with Crippen LogP contribution in [0.5, 0.6) is 0 Å². The number of thiazole rings is 1. The Labute approximate surface area is 234 Å². The highest BCUT2D eigenvalue weighted by Crippen LogP contribution is 2.42. The number of aromatic nitrogens is 2. The maximum absolute atomic E-state index is 12.8. The summed E-state index contributed by atoms with van der Waals surface area (Å²) in [4.78, 5) is 12.9. The summed E-state index contributed by atoms with van der Waals surface area (Å²) in [5.74, 6) is 1.28. The number of hydrogen-bond acceptors (Lipinski definition) is 9. The number of sulfonamides is 1. The first kappa shape index (κ1) is 26.8. The largest absolute Gasteiger partial charge is 0.316 e. The molecule has 2 aromatic heterocycles. The molecule has 0 radical (unpaired) electrons. The average molecular weight is 588 g/mol. The van der Waals surface area contributed by atoms with E-state index >= 15 is 0 Å². The predicted molar refractivity (Wildman–Crippen MR) is 153 cm³/mol. The van der Waals surface area contributed by atoms with Gasteiger partial charge in [-0.05, 0) is 86.4 Å². The molecule has 39 heavy (non-hydrogen) atoms.